The van der Waals surface area contributed by atoms with Crippen LogP contribution in [0.2, 0.25) is 0 Å². The molecule has 0 atom stereocenters. The third kappa shape index (κ3) is 1.09. The fourth-order valence-corrected chi connectivity index (χ4v) is 2.28. The molecule has 3 rings (SSSR count). The number of aromatic hydroxyl groups is 1. The van der Waals surface area contributed by atoms with Crippen LogP contribution < -0.4 is 0 Å². The van der Waals surface area contributed by atoms with Crippen LogP contribution in [0.25, 0.3) is 10.9 Å². The average Bonchev–Trinajstić information content (AvgIpc) is 2.54. The second-order valence-electron chi connectivity index (χ2n) is 3.91. The lowest BCUT2D eigenvalue weighted by Crippen LogP contribution is -2.04. The average molecular weight is 200 g/mol. The van der Waals surface area contributed by atoms with E-state index in [2.05, 4.69) is 9.56 Å². The van der Waals surface area contributed by atoms with Crippen molar-refractivity contribution in [2.45, 2.75) is 6.42 Å². The van der Waals surface area contributed by atoms with Gasteiger partial charge in [0, 0.05) is 31.3 Å². The zero-order valence-electron chi connectivity index (χ0n) is 8.57. The molecular formula is C12H12N2O. The van der Waals surface area contributed by atoms with Crippen LogP contribution in [0.1, 0.15) is 11.3 Å². The van der Waals surface area contributed by atoms with Gasteiger partial charge in [-0.15, -0.1) is 0 Å². The van der Waals surface area contributed by atoms with E-state index in [4.69, 9.17) is 0 Å². The number of aromatic nitrogens is 1. The Morgan fingerprint density at radius 3 is 3.13 bits per heavy atom. The van der Waals surface area contributed by atoms with Gasteiger partial charge in [-0.1, -0.05) is 0 Å². The largest absolute Gasteiger partial charge is 0.508 e. The molecule has 0 saturated carbocycles. The molecule has 1 aromatic heterocycles. The highest BCUT2D eigenvalue weighted by Gasteiger charge is 2.15. The monoisotopic (exact) mass is 200 g/mol. The first-order valence-corrected chi connectivity index (χ1v) is 5.07. The van der Waals surface area contributed by atoms with Crippen LogP contribution in [0.5, 0.6) is 5.75 Å². The highest BCUT2D eigenvalue weighted by atomic mass is 16.3. The molecule has 1 aliphatic heterocycles. The lowest BCUT2D eigenvalue weighted by atomic mass is 10.1. The van der Waals surface area contributed by atoms with E-state index in [0.717, 1.165) is 18.5 Å². The number of hydrogen-bond donors (Lipinski definition) is 1. The molecule has 76 valence electrons. The van der Waals surface area contributed by atoms with Crippen LogP contribution in [-0.2, 0) is 13.5 Å². The van der Waals surface area contributed by atoms with Crippen molar-refractivity contribution in [2.75, 3.05) is 6.54 Å². The Kier molecular flexibility index (Phi) is 1.63. The minimum Gasteiger partial charge on any atom is -0.508 e. The quantitative estimate of drug-likeness (QED) is 0.692. The van der Waals surface area contributed by atoms with E-state index in [0.29, 0.717) is 5.75 Å². The SMILES string of the molecule is Cn1c2c(c3ccc(O)cc31)CCN=C2. The number of phenolic OH excluding ortho intramolecular Hbond substituents is 1. The first-order chi connectivity index (χ1) is 7.27. The summed E-state index contributed by atoms with van der Waals surface area (Å²) in [5, 5.41) is 10.7. The number of nitrogens with zero attached hydrogens (tertiary/aromatic N) is 2. The lowest BCUT2D eigenvalue weighted by molar-refractivity contribution is 0.476. The number of aryl methyl sites for hydroxylation is 1. The molecule has 0 unspecified atom stereocenters. The molecule has 1 aromatic carbocycles. The van der Waals surface area contributed by atoms with Gasteiger partial charge in [-0.3, -0.25) is 4.99 Å². The van der Waals surface area contributed by atoms with Gasteiger partial charge in [0.05, 0.1) is 11.2 Å². The fraction of sp³-hybridized carbons (Fsp3) is 0.250. The Labute approximate surface area is 87.7 Å². The summed E-state index contributed by atoms with van der Waals surface area (Å²) in [5.74, 6) is 0.317. The molecule has 3 nitrogen and oxygen atoms in total. The van der Waals surface area contributed by atoms with Crippen molar-refractivity contribution in [1.29, 1.82) is 0 Å². The minimum absolute atomic E-state index is 0.317. The third-order valence-corrected chi connectivity index (χ3v) is 3.04. The van der Waals surface area contributed by atoms with E-state index in [1.54, 1.807) is 6.07 Å². The number of fused-ring (bicyclic) bond motifs is 3. The Balaban J connectivity index is 2.45. The predicted octanol–water partition coefficient (Wildman–Crippen LogP) is 1.86. The van der Waals surface area contributed by atoms with Crippen molar-refractivity contribution < 1.29 is 5.11 Å². The van der Waals surface area contributed by atoms with Gasteiger partial charge in [0.15, 0.2) is 0 Å². The van der Waals surface area contributed by atoms with Crippen LogP contribution in [0.3, 0.4) is 0 Å². The van der Waals surface area contributed by atoms with Gasteiger partial charge in [0.1, 0.15) is 5.75 Å². The highest BCUT2D eigenvalue weighted by Crippen LogP contribution is 2.29. The second-order valence-corrected chi connectivity index (χ2v) is 3.91. The Morgan fingerprint density at radius 1 is 1.40 bits per heavy atom. The molecule has 2 heterocycles. The molecule has 0 spiro atoms. The Hall–Kier alpha value is -1.77. The molecule has 0 aliphatic carbocycles. The standard InChI is InChI=1S/C12H12N2O/c1-14-11-6-8(15)2-3-9(11)10-4-5-13-7-12(10)14/h2-3,6-7,15H,4-5H2,1H3. The minimum atomic E-state index is 0.317. The molecule has 0 amide bonds. The maximum Gasteiger partial charge on any atom is 0.117 e. The summed E-state index contributed by atoms with van der Waals surface area (Å²) in [7, 11) is 2.01. The lowest BCUT2D eigenvalue weighted by Gasteiger charge is -2.05. The van der Waals surface area contributed by atoms with E-state index >= 15 is 0 Å². The zero-order valence-corrected chi connectivity index (χ0v) is 8.57. The molecule has 3 heteroatoms. The van der Waals surface area contributed by atoms with E-state index in [9.17, 15) is 5.11 Å². The summed E-state index contributed by atoms with van der Waals surface area (Å²) in [6.07, 6.45) is 2.92. The van der Waals surface area contributed by atoms with E-state index in [-0.39, 0.29) is 0 Å². The number of rotatable bonds is 0. The zero-order chi connectivity index (χ0) is 10.4. The number of benzene rings is 1. The first-order valence-electron chi connectivity index (χ1n) is 5.07. The van der Waals surface area contributed by atoms with E-state index in [1.807, 2.05) is 25.4 Å². The molecule has 15 heavy (non-hydrogen) atoms. The second kappa shape index (κ2) is 2.86. The molecule has 0 saturated heterocycles. The van der Waals surface area contributed by atoms with Crippen LogP contribution in [-0.4, -0.2) is 22.4 Å². The molecule has 0 bridgehead atoms. The molecule has 1 N–H and O–H groups in total. The summed E-state index contributed by atoms with van der Waals surface area (Å²) < 4.78 is 2.09. The number of aliphatic imine (C=N–C) groups is 1. The highest BCUT2D eigenvalue weighted by molar-refractivity contribution is 5.96. The fourth-order valence-electron chi connectivity index (χ4n) is 2.28. The Bertz CT molecular complexity index is 566. The van der Waals surface area contributed by atoms with E-state index < -0.39 is 0 Å². The maximum atomic E-state index is 9.47. The smallest absolute Gasteiger partial charge is 0.117 e. The van der Waals surface area contributed by atoms with Crippen molar-refractivity contribution in [3.63, 3.8) is 0 Å². The van der Waals surface area contributed by atoms with Gasteiger partial charge in [0.2, 0.25) is 0 Å². The summed E-state index contributed by atoms with van der Waals surface area (Å²) in [6, 6.07) is 5.54. The van der Waals surface area contributed by atoms with Gasteiger partial charge in [-0.25, -0.2) is 0 Å². The maximum absolute atomic E-state index is 9.47. The van der Waals surface area contributed by atoms with Crippen LogP contribution in [0, 0.1) is 0 Å². The van der Waals surface area contributed by atoms with Crippen molar-refractivity contribution >= 4 is 17.1 Å². The summed E-state index contributed by atoms with van der Waals surface area (Å²) in [5.41, 5.74) is 3.60. The van der Waals surface area contributed by atoms with Gasteiger partial charge in [0.25, 0.3) is 0 Å². The van der Waals surface area contributed by atoms with Crippen molar-refractivity contribution in [2.24, 2.45) is 12.0 Å². The molecule has 2 aromatic rings. The molecule has 1 aliphatic rings. The summed E-state index contributed by atoms with van der Waals surface area (Å²) >= 11 is 0. The van der Waals surface area contributed by atoms with E-state index in [1.165, 1.54) is 16.6 Å². The van der Waals surface area contributed by atoms with Gasteiger partial charge in [-0.05, 0) is 24.1 Å². The molecule has 0 radical (unpaired) electrons. The molecule has 0 fully saturated rings. The summed E-state index contributed by atoms with van der Waals surface area (Å²) in [6.45, 7) is 0.868. The Morgan fingerprint density at radius 2 is 2.27 bits per heavy atom. The summed E-state index contributed by atoms with van der Waals surface area (Å²) in [4.78, 5) is 4.29. The number of phenols is 1. The van der Waals surface area contributed by atoms with Crippen LogP contribution in [0.15, 0.2) is 23.2 Å². The molecular weight excluding hydrogens is 188 g/mol. The third-order valence-electron chi connectivity index (χ3n) is 3.04. The van der Waals surface area contributed by atoms with Crippen molar-refractivity contribution in [3.8, 4) is 5.75 Å². The topological polar surface area (TPSA) is 37.5 Å². The number of hydrogen-bond acceptors (Lipinski definition) is 2. The van der Waals surface area contributed by atoms with Gasteiger partial charge in [-0.2, -0.15) is 0 Å². The normalized spacial score (nSPS) is 14.5. The van der Waals surface area contributed by atoms with Crippen molar-refractivity contribution in [3.05, 3.63) is 29.5 Å². The first kappa shape index (κ1) is 8.53. The predicted molar refractivity (Wildman–Crippen MR) is 60.7 cm³/mol. The van der Waals surface area contributed by atoms with Crippen LogP contribution in [0.4, 0.5) is 0 Å². The van der Waals surface area contributed by atoms with Gasteiger partial charge >= 0.3 is 0 Å². The van der Waals surface area contributed by atoms with Crippen LogP contribution >= 0.6 is 0 Å². The van der Waals surface area contributed by atoms with Gasteiger partial charge < -0.3 is 9.67 Å². The van der Waals surface area contributed by atoms with Crippen molar-refractivity contribution in [1.82, 2.24) is 4.57 Å².